The van der Waals surface area contributed by atoms with Crippen molar-refractivity contribution in [1.82, 2.24) is 16.0 Å². The van der Waals surface area contributed by atoms with E-state index < -0.39 is 6.04 Å². The van der Waals surface area contributed by atoms with Crippen molar-refractivity contribution in [2.75, 3.05) is 13.1 Å². The number of amides is 2. The van der Waals surface area contributed by atoms with Gasteiger partial charge in [0.1, 0.15) is 6.04 Å². The summed E-state index contributed by atoms with van der Waals surface area (Å²) in [5, 5.41) is 9.23. The lowest BCUT2D eigenvalue weighted by Crippen LogP contribution is -2.49. The number of hydrogen-bond donors (Lipinski definition) is 3. The molecule has 2 rings (SSSR count). The van der Waals surface area contributed by atoms with E-state index in [0.29, 0.717) is 6.42 Å². The zero-order chi connectivity index (χ0) is 16.7. The summed E-state index contributed by atoms with van der Waals surface area (Å²) in [5.74, 6) is 0.0322. The van der Waals surface area contributed by atoms with Gasteiger partial charge in [0, 0.05) is 19.0 Å². The lowest BCUT2D eigenvalue weighted by molar-refractivity contribution is -0.130. The first-order valence-electron chi connectivity index (χ1n) is 8.41. The minimum Gasteiger partial charge on any atom is -0.350 e. The van der Waals surface area contributed by atoms with Gasteiger partial charge >= 0.3 is 0 Å². The standard InChI is InChI=1S/C18H27N3O2.ClH/c1-13(2)11-16(22)21-17(14-7-4-3-5-8-14)18(23)20-15-9-6-10-19-12-15;/h3-5,7-8,13,15,17,19H,6,9-12H2,1-2H3,(H,20,23)(H,21,22);1H. The van der Waals surface area contributed by atoms with Crippen LogP contribution in [0.25, 0.3) is 0 Å². The summed E-state index contributed by atoms with van der Waals surface area (Å²) in [7, 11) is 0. The predicted octanol–water partition coefficient (Wildman–Crippen LogP) is 2.18. The molecule has 0 saturated carbocycles. The van der Waals surface area contributed by atoms with E-state index >= 15 is 0 Å². The zero-order valence-electron chi connectivity index (χ0n) is 14.4. The van der Waals surface area contributed by atoms with Crippen LogP contribution in [0, 0.1) is 5.92 Å². The topological polar surface area (TPSA) is 70.2 Å². The van der Waals surface area contributed by atoms with Gasteiger partial charge in [0.2, 0.25) is 11.8 Å². The number of nitrogens with one attached hydrogen (secondary N) is 3. The summed E-state index contributed by atoms with van der Waals surface area (Å²) in [6, 6.07) is 8.91. The van der Waals surface area contributed by atoms with Gasteiger partial charge in [0.25, 0.3) is 0 Å². The Hall–Kier alpha value is -1.59. The third kappa shape index (κ3) is 6.49. The molecular weight excluding hydrogens is 326 g/mol. The monoisotopic (exact) mass is 353 g/mol. The molecule has 1 aliphatic rings. The minimum absolute atomic E-state index is 0. The third-order valence-electron chi connectivity index (χ3n) is 3.94. The van der Waals surface area contributed by atoms with Crippen molar-refractivity contribution in [1.29, 1.82) is 0 Å². The van der Waals surface area contributed by atoms with Gasteiger partial charge in [0.05, 0.1) is 0 Å². The van der Waals surface area contributed by atoms with E-state index in [1.54, 1.807) is 0 Å². The molecule has 5 nitrogen and oxygen atoms in total. The molecule has 0 radical (unpaired) electrons. The van der Waals surface area contributed by atoms with E-state index in [4.69, 9.17) is 0 Å². The van der Waals surface area contributed by atoms with Crippen LogP contribution in [0.2, 0.25) is 0 Å². The number of hydrogen-bond acceptors (Lipinski definition) is 3. The first-order valence-corrected chi connectivity index (χ1v) is 8.41. The molecule has 2 unspecified atom stereocenters. The Morgan fingerprint density at radius 2 is 1.96 bits per heavy atom. The highest BCUT2D eigenvalue weighted by Crippen LogP contribution is 2.15. The highest BCUT2D eigenvalue weighted by molar-refractivity contribution is 5.88. The van der Waals surface area contributed by atoms with E-state index in [-0.39, 0.29) is 36.2 Å². The SMILES string of the molecule is CC(C)CC(=O)NC(C(=O)NC1CCCNC1)c1ccccc1.Cl. The molecule has 0 aliphatic carbocycles. The fourth-order valence-electron chi connectivity index (χ4n) is 2.80. The van der Waals surface area contributed by atoms with E-state index in [2.05, 4.69) is 16.0 Å². The maximum Gasteiger partial charge on any atom is 0.247 e. The lowest BCUT2D eigenvalue weighted by Gasteiger charge is -2.27. The van der Waals surface area contributed by atoms with Crippen LogP contribution < -0.4 is 16.0 Å². The Morgan fingerprint density at radius 3 is 2.54 bits per heavy atom. The van der Waals surface area contributed by atoms with Crippen molar-refractivity contribution in [3.8, 4) is 0 Å². The fraction of sp³-hybridized carbons (Fsp3) is 0.556. The summed E-state index contributed by atoms with van der Waals surface area (Å²) in [6.07, 6.45) is 2.45. The normalized spacial score (nSPS) is 18.4. The predicted molar refractivity (Wildman–Crippen MR) is 98.1 cm³/mol. The van der Waals surface area contributed by atoms with Crippen molar-refractivity contribution >= 4 is 24.2 Å². The fourth-order valence-corrected chi connectivity index (χ4v) is 2.80. The Kier molecular flexibility index (Phi) is 8.79. The van der Waals surface area contributed by atoms with Gasteiger partial charge in [-0.3, -0.25) is 9.59 Å². The van der Waals surface area contributed by atoms with Crippen molar-refractivity contribution < 1.29 is 9.59 Å². The number of halogens is 1. The Labute approximate surface area is 150 Å². The molecule has 0 bridgehead atoms. The molecule has 1 aromatic carbocycles. The van der Waals surface area contributed by atoms with E-state index in [9.17, 15) is 9.59 Å². The number of carbonyl (C=O) groups excluding carboxylic acids is 2. The first kappa shape index (κ1) is 20.5. The molecule has 24 heavy (non-hydrogen) atoms. The quantitative estimate of drug-likeness (QED) is 0.734. The van der Waals surface area contributed by atoms with Crippen LogP contribution in [-0.4, -0.2) is 30.9 Å². The summed E-state index contributed by atoms with van der Waals surface area (Å²) in [4.78, 5) is 24.8. The average Bonchev–Trinajstić information content (AvgIpc) is 2.53. The Morgan fingerprint density at radius 1 is 1.25 bits per heavy atom. The van der Waals surface area contributed by atoms with Gasteiger partial charge < -0.3 is 16.0 Å². The number of benzene rings is 1. The van der Waals surface area contributed by atoms with E-state index in [1.807, 2.05) is 44.2 Å². The van der Waals surface area contributed by atoms with Gasteiger partial charge in [-0.1, -0.05) is 44.2 Å². The average molecular weight is 354 g/mol. The highest BCUT2D eigenvalue weighted by atomic mass is 35.5. The Bertz CT molecular complexity index is 516. The van der Waals surface area contributed by atoms with Gasteiger partial charge in [-0.15, -0.1) is 12.4 Å². The maximum atomic E-state index is 12.7. The molecule has 1 aromatic rings. The molecule has 0 aromatic heterocycles. The maximum absolute atomic E-state index is 12.7. The summed E-state index contributed by atoms with van der Waals surface area (Å²) < 4.78 is 0. The molecule has 0 spiro atoms. The first-order chi connectivity index (χ1) is 11.1. The van der Waals surface area contributed by atoms with E-state index in [1.165, 1.54) is 0 Å². The van der Waals surface area contributed by atoms with Crippen LogP contribution in [0.15, 0.2) is 30.3 Å². The molecule has 134 valence electrons. The minimum atomic E-state index is -0.635. The molecule has 1 heterocycles. The molecule has 1 saturated heterocycles. The molecule has 6 heteroatoms. The molecule has 1 fully saturated rings. The smallest absolute Gasteiger partial charge is 0.247 e. The molecule has 2 amide bonds. The van der Waals surface area contributed by atoms with Crippen LogP contribution in [-0.2, 0) is 9.59 Å². The second kappa shape index (κ2) is 10.3. The zero-order valence-corrected chi connectivity index (χ0v) is 15.2. The largest absolute Gasteiger partial charge is 0.350 e. The van der Waals surface area contributed by atoms with Crippen molar-refractivity contribution in [3.05, 3.63) is 35.9 Å². The van der Waals surface area contributed by atoms with Crippen LogP contribution >= 0.6 is 12.4 Å². The van der Waals surface area contributed by atoms with Crippen molar-refractivity contribution in [3.63, 3.8) is 0 Å². The molecule has 1 aliphatic heterocycles. The van der Waals surface area contributed by atoms with Gasteiger partial charge in [-0.25, -0.2) is 0 Å². The van der Waals surface area contributed by atoms with Crippen molar-refractivity contribution in [2.24, 2.45) is 5.92 Å². The van der Waals surface area contributed by atoms with E-state index in [0.717, 1.165) is 31.5 Å². The van der Waals surface area contributed by atoms with Crippen LogP contribution in [0.4, 0.5) is 0 Å². The van der Waals surface area contributed by atoms with Gasteiger partial charge in [0.15, 0.2) is 0 Å². The Balaban J connectivity index is 0.00000288. The van der Waals surface area contributed by atoms with Crippen LogP contribution in [0.5, 0.6) is 0 Å². The number of carbonyl (C=O) groups is 2. The summed E-state index contributed by atoms with van der Waals surface area (Å²) in [5.41, 5.74) is 0.811. The van der Waals surface area contributed by atoms with Gasteiger partial charge in [-0.2, -0.15) is 0 Å². The lowest BCUT2D eigenvalue weighted by atomic mass is 10.0. The second-order valence-electron chi connectivity index (χ2n) is 6.56. The molecule has 3 N–H and O–H groups in total. The number of rotatable bonds is 6. The molecular formula is C18H28ClN3O2. The molecule has 2 atom stereocenters. The summed E-state index contributed by atoms with van der Waals surface area (Å²) >= 11 is 0. The third-order valence-corrected chi connectivity index (χ3v) is 3.94. The summed E-state index contributed by atoms with van der Waals surface area (Å²) in [6.45, 7) is 5.77. The number of piperidine rings is 1. The van der Waals surface area contributed by atoms with Crippen LogP contribution in [0.3, 0.4) is 0 Å². The second-order valence-corrected chi connectivity index (χ2v) is 6.56. The van der Waals surface area contributed by atoms with Crippen molar-refractivity contribution in [2.45, 2.75) is 45.2 Å². The van der Waals surface area contributed by atoms with Gasteiger partial charge in [-0.05, 0) is 30.9 Å². The van der Waals surface area contributed by atoms with Crippen LogP contribution in [0.1, 0.15) is 44.7 Å². The highest BCUT2D eigenvalue weighted by Gasteiger charge is 2.25.